The van der Waals surface area contributed by atoms with E-state index in [9.17, 15) is 5.26 Å². The Labute approximate surface area is 161 Å². The van der Waals surface area contributed by atoms with Gasteiger partial charge in [0.05, 0.1) is 15.8 Å². The van der Waals surface area contributed by atoms with Crippen LogP contribution in [0.1, 0.15) is 24.2 Å². The van der Waals surface area contributed by atoms with Crippen LogP contribution in [0.2, 0.25) is 15.2 Å². The first-order chi connectivity index (χ1) is 10.9. The standard InChI is InChI=1S/C15H8Cl3IN4/c1-7(9-3-2-8(16)4-10(9)17)23-11(5-20)13(19)14-15(23)22-12(18)6-21-14/h2-4,6-7H,1H3/t7-/m1/s1. The van der Waals surface area contributed by atoms with E-state index in [0.29, 0.717) is 26.9 Å². The summed E-state index contributed by atoms with van der Waals surface area (Å²) in [7, 11) is 0. The summed E-state index contributed by atoms with van der Waals surface area (Å²) < 4.78 is 2.53. The number of aromatic nitrogens is 3. The van der Waals surface area contributed by atoms with Crippen molar-refractivity contribution in [1.29, 1.82) is 5.26 Å². The summed E-state index contributed by atoms with van der Waals surface area (Å²) in [5.74, 6) is 0. The minimum absolute atomic E-state index is 0.229. The quantitative estimate of drug-likeness (QED) is 0.460. The molecule has 2 aromatic heterocycles. The molecule has 1 aromatic carbocycles. The van der Waals surface area contributed by atoms with Gasteiger partial charge in [0.25, 0.3) is 0 Å². The summed E-state index contributed by atoms with van der Waals surface area (Å²) in [6.45, 7) is 1.94. The molecule has 0 aliphatic rings. The molecule has 3 aromatic rings. The van der Waals surface area contributed by atoms with Gasteiger partial charge in [-0.05, 0) is 47.2 Å². The molecule has 4 nitrogen and oxygen atoms in total. The smallest absolute Gasteiger partial charge is 0.163 e. The number of nitriles is 1. The van der Waals surface area contributed by atoms with Crippen molar-refractivity contribution in [3.8, 4) is 6.07 Å². The molecule has 0 aliphatic heterocycles. The second-order valence-electron chi connectivity index (χ2n) is 4.85. The molecule has 116 valence electrons. The van der Waals surface area contributed by atoms with Crippen LogP contribution in [0, 0.1) is 14.9 Å². The molecule has 3 rings (SSSR count). The van der Waals surface area contributed by atoms with Gasteiger partial charge in [-0.1, -0.05) is 40.9 Å². The zero-order valence-corrected chi connectivity index (χ0v) is 16.1. The first-order valence-corrected chi connectivity index (χ1v) is 8.72. The number of halogens is 4. The average Bonchev–Trinajstić information content (AvgIpc) is 2.78. The Morgan fingerprint density at radius 2 is 2.04 bits per heavy atom. The van der Waals surface area contributed by atoms with Gasteiger partial charge in [0.1, 0.15) is 22.4 Å². The van der Waals surface area contributed by atoms with Gasteiger partial charge in [0.15, 0.2) is 5.65 Å². The Morgan fingerprint density at radius 3 is 2.70 bits per heavy atom. The Bertz CT molecular complexity index is 961. The van der Waals surface area contributed by atoms with E-state index in [0.717, 1.165) is 9.13 Å². The molecule has 2 heterocycles. The summed E-state index contributed by atoms with van der Waals surface area (Å²) in [5.41, 5.74) is 2.50. The highest BCUT2D eigenvalue weighted by Crippen LogP contribution is 2.34. The molecule has 0 saturated carbocycles. The van der Waals surface area contributed by atoms with Crippen LogP contribution in [-0.2, 0) is 0 Å². The third-order valence-electron chi connectivity index (χ3n) is 3.52. The van der Waals surface area contributed by atoms with Crippen LogP contribution in [0.4, 0.5) is 0 Å². The van der Waals surface area contributed by atoms with Gasteiger partial charge in [-0.25, -0.2) is 9.97 Å². The topological polar surface area (TPSA) is 54.5 Å². The fourth-order valence-corrected chi connectivity index (χ4v) is 3.92. The first kappa shape index (κ1) is 16.8. The van der Waals surface area contributed by atoms with E-state index in [-0.39, 0.29) is 11.2 Å². The number of hydrogen-bond acceptors (Lipinski definition) is 3. The van der Waals surface area contributed by atoms with E-state index in [1.807, 2.05) is 13.0 Å². The van der Waals surface area contributed by atoms with Crippen molar-refractivity contribution in [2.24, 2.45) is 0 Å². The van der Waals surface area contributed by atoms with Crippen LogP contribution in [0.5, 0.6) is 0 Å². The van der Waals surface area contributed by atoms with Gasteiger partial charge < -0.3 is 4.57 Å². The van der Waals surface area contributed by atoms with Crippen LogP contribution in [-0.4, -0.2) is 14.5 Å². The molecule has 1 atom stereocenters. The number of hydrogen-bond donors (Lipinski definition) is 0. The molecular weight excluding hydrogens is 469 g/mol. The van der Waals surface area contributed by atoms with E-state index in [4.69, 9.17) is 34.8 Å². The van der Waals surface area contributed by atoms with E-state index < -0.39 is 0 Å². The molecule has 8 heteroatoms. The molecule has 0 radical (unpaired) electrons. The van der Waals surface area contributed by atoms with Crippen molar-refractivity contribution < 1.29 is 0 Å². The van der Waals surface area contributed by atoms with Gasteiger partial charge in [0.2, 0.25) is 0 Å². The Kier molecular flexibility index (Phi) is 4.70. The Balaban J connectivity index is 2.30. The van der Waals surface area contributed by atoms with Crippen LogP contribution in [0.3, 0.4) is 0 Å². The SMILES string of the molecule is C[C@H](c1ccc(Cl)cc1Cl)n1c(C#N)c(I)c2ncc(Cl)nc21. The van der Waals surface area contributed by atoms with E-state index in [1.165, 1.54) is 6.20 Å². The highest BCUT2D eigenvalue weighted by Gasteiger charge is 2.23. The second kappa shape index (κ2) is 6.44. The van der Waals surface area contributed by atoms with Crippen LogP contribution in [0.15, 0.2) is 24.4 Å². The number of benzene rings is 1. The van der Waals surface area contributed by atoms with Crippen LogP contribution < -0.4 is 0 Å². The molecular formula is C15H8Cl3IN4. The molecule has 0 spiro atoms. The summed E-state index contributed by atoms with van der Waals surface area (Å²) >= 11 is 20.4. The molecule has 0 fully saturated rings. The lowest BCUT2D eigenvalue weighted by atomic mass is 10.1. The fourth-order valence-electron chi connectivity index (χ4n) is 2.46. The highest BCUT2D eigenvalue weighted by molar-refractivity contribution is 14.1. The monoisotopic (exact) mass is 476 g/mol. The lowest BCUT2D eigenvalue weighted by Crippen LogP contribution is -2.10. The zero-order valence-electron chi connectivity index (χ0n) is 11.7. The van der Waals surface area contributed by atoms with Crippen molar-refractivity contribution in [3.63, 3.8) is 0 Å². The zero-order chi connectivity index (χ0) is 16.7. The van der Waals surface area contributed by atoms with Gasteiger partial charge in [-0.15, -0.1) is 0 Å². The summed E-state index contributed by atoms with van der Waals surface area (Å²) in [4.78, 5) is 8.63. The van der Waals surface area contributed by atoms with E-state index in [2.05, 4.69) is 38.6 Å². The van der Waals surface area contributed by atoms with E-state index >= 15 is 0 Å². The fraction of sp³-hybridized carbons (Fsp3) is 0.133. The Hall–Kier alpha value is -1.07. The second-order valence-corrected chi connectivity index (χ2v) is 7.16. The molecule has 0 amide bonds. The van der Waals surface area contributed by atoms with Crippen molar-refractivity contribution >= 4 is 68.6 Å². The average molecular weight is 478 g/mol. The molecule has 0 aliphatic carbocycles. The highest BCUT2D eigenvalue weighted by atomic mass is 127. The van der Waals surface area contributed by atoms with Crippen molar-refractivity contribution in [2.45, 2.75) is 13.0 Å². The van der Waals surface area contributed by atoms with Gasteiger partial charge in [-0.2, -0.15) is 5.26 Å². The predicted molar refractivity (Wildman–Crippen MR) is 100 cm³/mol. The number of nitrogens with zero attached hydrogens (tertiary/aromatic N) is 4. The summed E-state index contributed by atoms with van der Waals surface area (Å²) in [6, 6.07) is 7.27. The lowest BCUT2D eigenvalue weighted by Gasteiger charge is -2.18. The minimum Gasteiger partial charge on any atom is -0.307 e. The largest absolute Gasteiger partial charge is 0.307 e. The maximum Gasteiger partial charge on any atom is 0.163 e. The van der Waals surface area contributed by atoms with Crippen molar-refractivity contribution in [2.75, 3.05) is 0 Å². The molecule has 0 bridgehead atoms. The summed E-state index contributed by atoms with van der Waals surface area (Å²) in [6.07, 6.45) is 1.47. The van der Waals surface area contributed by atoms with Crippen LogP contribution in [0.25, 0.3) is 11.2 Å². The maximum absolute atomic E-state index is 9.56. The van der Waals surface area contributed by atoms with Crippen LogP contribution >= 0.6 is 57.4 Å². The molecule has 0 N–H and O–H groups in total. The maximum atomic E-state index is 9.56. The lowest BCUT2D eigenvalue weighted by molar-refractivity contribution is 0.650. The third kappa shape index (κ3) is 2.89. The van der Waals surface area contributed by atoms with Crippen molar-refractivity contribution in [3.05, 3.63) is 54.4 Å². The van der Waals surface area contributed by atoms with Gasteiger partial charge >= 0.3 is 0 Å². The number of fused-ring (bicyclic) bond motifs is 1. The Morgan fingerprint density at radius 1 is 1.30 bits per heavy atom. The molecule has 23 heavy (non-hydrogen) atoms. The number of rotatable bonds is 2. The minimum atomic E-state index is -0.229. The predicted octanol–water partition coefficient (Wildman–Crippen LogP) is 5.48. The van der Waals surface area contributed by atoms with Gasteiger partial charge in [-0.3, -0.25) is 0 Å². The van der Waals surface area contributed by atoms with E-state index in [1.54, 1.807) is 16.7 Å². The molecule has 0 saturated heterocycles. The molecule has 0 unspecified atom stereocenters. The third-order valence-corrected chi connectivity index (χ3v) is 5.28. The summed E-state index contributed by atoms with van der Waals surface area (Å²) in [5, 5.41) is 10.9. The van der Waals surface area contributed by atoms with Crippen molar-refractivity contribution in [1.82, 2.24) is 14.5 Å². The normalized spacial score (nSPS) is 12.3. The van der Waals surface area contributed by atoms with Gasteiger partial charge in [0, 0.05) is 10.0 Å². The first-order valence-electron chi connectivity index (χ1n) is 6.51.